The molecule has 0 aliphatic carbocycles. The molecule has 74 heavy (non-hydrogen) atoms. The maximum atomic E-state index is 12.9. The number of hydrogen-bond donors (Lipinski definition) is 0. The highest BCUT2D eigenvalue weighted by molar-refractivity contribution is 5.70. The van der Waals surface area contributed by atoms with Crippen molar-refractivity contribution in [3.63, 3.8) is 0 Å². The Morgan fingerprint density at radius 1 is 0.351 bits per heavy atom. The Labute approximate surface area is 460 Å². The maximum absolute atomic E-state index is 12.9. The molecule has 0 aliphatic heterocycles. The van der Waals surface area contributed by atoms with Crippen molar-refractivity contribution < 1.29 is 42.9 Å². The molecule has 0 aromatic carbocycles. The van der Waals surface area contributed by atoms with Crippen LogP contribution < -0.4 is 5.11 Å². The first-order chi connectivity index (χ1) is 36.1. The van der Waals surface area contributed by atoms with E-state index in [1.54, 1.807) is 0 Å². The summed E-state index contributed by atoms with van der Waals surface area (Å²) in [7, 11) is 5.93. The maximum Gasteiger partial charge on any atom is 0.306 e. The zero-order valence-electron chi connectivity index (χ0n) is 50.3. The molecule has 2 atom stereocenters. The second-order valence-corrected chi connectivity index (χ2v) is 23.8. The molecule has 0 aromatic heterocycles. The Hall–Kier alpha value is -1.71. The molecule has 0 fully saturated rings. The molecule has 0 bridgehead atoms. The third kappa shape index (κ3) is 58.0. The molecule has 0 aliphatic rings. The second kappa shape index (κ2) is 57.5. The Morgan fingerprint density at radius 2 is 0.608 bits per heavy atom. The van der Waals surface area contributed by atoms with Crippen LogP contribution in [0.5, 0.6) is 0 Å². The van der Waals surface area contributed by atoms with Crippen molar-refractivity contribution in [2.45, 2.75) is 354 Å². The molecule has 0 saturated heterocycles. The molecule has 0 heterocycles. The van der Waals surface area contributed by atoms with Crippen LogP contribution in [0, 0.1) is 0 Å². The number of carbonyl (C=O) groups is 3. The van der Waals surface area contributed by atoms with E-state index in [4.69, 9.17) is 18.9 Å². The van der Waals surface area contributed by atoms with E-state index in [0.717, 1.165) is 38.5 Å². The molecular formula is C65H127NO8. The first kappa shape index (κ1) is 72.3. The third-order valence-electron chi connectivity index (χ3n) is 15.1. The largest absolute Gasteiger partial charge is 0.545 e. The van der Waals surface area contributed by atoms with E-state index < -0.39 is 24.3 Å². The monoisotopic (exact) mass is 1050 g/mol. The summed E-state index contributed by atoms with van der Waals surface area (Å²) >= 11 is 0. The van der Waals surface area contributed by atoms with Gasteiger partial charge in [0.05, 0.1) is 40.3 Å². The highest BCUT2D eigenvalue weighted by atomic mass is 16.7. The van der Waals surface area contributed by atoms with Gasteiger partial charge in [-0.3, -0.25) is 9.59 Å². The molecule has 9 heteroatoms. The van der Waals surface area contributed by atoms with Crippen LogP contribution >= 0.6 is 0 Å². The van der Waals surface area contributed by atoms with Crippen LogP contribution in [0.2, 0.25) is 0 Å². The molecule has 2 unspecified atom stereocenters. The van der Waals surface area contributed by atoms with Gasteiger partial charge < -0.3 is 33.3 Å². The third-order valence-corrected chi connectivity index (χ3v) is 15.1. The molecular weight excluding hydrogens is 923 g/mol. The molecule has 9 nitrogen and oxygen atoms in total. The molecule has 440 valence electrons. The predicted molar refractivity (Wildman–Crippen MR) is 311 cm³/mol. The van der Waals surface area contributed by atoms with Gasteiger partial charge in [-0.15, -0.1) is 0 Å². The lowest BCUT2D eigenvalue weighted by Crippen LogP contribution is -2.44. The average Bonchev–Trinajstić information content (AvgIpc) is 3.37. The number of carboxylic acid groups (broad SMARTS) is 1. The van der Waals surface area contributed by atoms with Crippen molar-refractivity contribution in [2.75, 3.05) is 47.5 Å². The number of likely N-dealkylation sites (N-methyl/N-ethyl adjacent to an activating group) is 1. The topological polar surface area (TPSA) is 111 Å². The SMILES string of the molecule is CCCCCCCCCCCCCCCCCCCCCCCCCCCCCCCCCCCCCCCCC(=O)OC(COC(=O)CCCCCCCCCCCCC)COC(OCC[N+](C)(C)C)C(=O)[O-]. The molecule has 0 saturated carbocycles. The molecule has 0 N–H and O–H groups in total. The number of hydrogen-bond acceptors (Lipinski definition) is 8. The van der Waals surface area contributed by atoms with Gasteiger partial charge in [0.1, 0.15) is 13.2 Å². The number of rotatable bonds is 62. The number of nitrogens with zero attached hydrogens (tertiary/aromatic N) is 1. The number of unbranched alkanes of at least 4 members (excludes halogenated alkanes) is 47. The van der Waals surface area contributed by atoms with Crippen LogP contribution in [-0.2, 0) is 33.3 Å². The zero-order valence-corrected chi connectivity index (χ0v) is 50.3. The molecule has 0 radical (unpaired) electrons. The van der Waals surface area contributed by atoms with E-state index in [0.29, 0.717) is 17.4 Å². The summed E-state index contributed by atoms with van der Waals surface area (Å²) in [5.41, 5.74) is 0. The van der Waals surface area contributed by atoms with Crippen LogP contribution in [0.4, 0.5) is 0 Å². The second-order valence-electron chi connectivity index (χ2n) is 23.8. The minimum atomic E-state index is -1.61. The summed E-state index contributed by atoms with van der Waals surface area (Å²) in [4.78, 5) is 37.2. The number of esters is 2. The van der Waals surface area contributed by atoms with Crippen molar-refractivity contribution in [1.82, 2.24) is 0 Å². The lowest BCUT2D eigenvalue weighted by atomic mass is 10.0. The molecule has 0 amide bonds. The number of ether oxygens (including phenoxy) is 4. The van der Waals surface area contributed by atoms with Crippen LogP contribution in [-0.4, -0.2) is 82.3 Å². The van der Waals surface area contributed by atoms with Crippen molar-refractivity contribution in [3.8, 4) is 0 Å². The van der Waals surface area contributed by atoms with E-state index in [9.17, 15) is 19.5 Å². The summed E-state index contributed by atoms with van der Waals surface area (Å²) in [6.45, 7) is 4.80. The number of aliphatic carboxylic acids is 1. The molecule has 0 aromatic rings. The normalized spacial score (nSPS) is 12.6. The Bertz CT molecular complexity index is 1180. The van der Waals surface area contributed by atoms with Crippen molar-refractivity contribution >= 4 is 17.9 Å². The zero-order chi connectivity index (χ0) is 54.1. The van der Waals surface area contributed by atoms with Crippen LogP contribution in [0.1, 0.15) is 341 Å². The van der Waals surface area contributed by atoms with Crippen molar-refractivity contribution in [1.29, 1.82) is 0 Å². The minimum Gasteiger partial charge on any atom is -0.545 e. The predicted octanol–water partition coefficient (Wildman–Crippen LogP) is 18.2. The van der Waals surface area contributed by atoms with Crippen LogP contribution in [0.3, 0.4) is 0 Å². The molecule has 0 rings (SSSR count). The fourth-order valence-corrected chi connectivity index (χ4v) is 10.1. The van der Waals surface area contributed by atoms with E-state index >= 15 is 0 Å². The lowest BCUT2D eigenvalue weighted by Gasteiger charge is -2.26. The summed E-state index contributed by atoms with van der Waals surface area (Å²) in [5, 5.41) is 11.8. The van der Waals surface area contributed by atoms with Crippen LogP contribution in [0.25, 0.3) is 0 Å². The Kier molecular flexibility index (Phi) is 56.1. The van der Waals surface area contributed by atoms with Gasteiger partial charge in [0.25, 0.3) is 0 Å². The van der Waals surface area contributed by atoms with Gasteiger partial charge in [0, 0.05) is 12.8 Å². The minimum absolute atomic E-state index is 0.153. The van der Waals surface area contributed by atoms with Crippen molar-refractivity contribution in [3.05, 3.63) is 0 Å². The first-order valence-electron chi connectivity index (χ1n) is 32.7. The van der Waals surface area contributed by atoms with Gasteiger partial charge in [0.2, 0.25) is 0 Å². The fraction of sp³-hybridized carbons (Fsp3) is 0.954. The summed E-state index contributed by atoms with van der Waals surface area (Å²) < 4.78 is 22.7. The smallest absolute Gasteiger partial charge is 0.306 e. The standard InChI is InChI=1S/C65H127NO8/c1-6-8-10-12-14-16-18-19-20-21-22-23-24-25-26-27-28-29-30-31-32-33-34-35-36-37-38-39-40-41-42-43-44-46-48-50-52-54-56-63(68)74-61(60-73-65(64(69)70)71-58-57-66(3,4)5)59-72-62(67)55-53-51-49-47-45-17-15-13-11-9-7-2/h61,65H,6-60H2,1-5H3. The van der Waals surface area contributed by atoms with Gasteiger partial charge >= 0.3 is 11.9 Å². The Morgan fingerprint density at radius 3 is 0.865 bits per heavy atom. The highest BCUT2D eigenvalue weighted by Crippen LogP contribution is 2.19. The lowest BCUT2D eigenvalue weighted by molar-refractivity contribution is -0.870. The van der Waals surface area contributed by atoms with Gasteiger partial charge in [0.15, 0.2) is 12.4 Å². The highest BCUT2D eigenvalue weighted by Gasteiger charge is 2.22. The van der Waals surface area contributed by atoms with E-state index in [1.807, 2.05) is 21.1 Å². The first-order valence-corrected chi connectivity index (χ1v) is 32.7. The quantitative estimate of drug-likeness (QED) is 0.0256. The number of carboxylic acids is 1. The summed E-state index contributed by atoms with van der Waals surface area (Å²) in [6, 6.07) is 0. The summed E-state index contributed by atoms with van der Waals surface area (Å²) in [6.07, 6.45) is 63.6. The fourth-order valence-electron chi connectivity index (χ4n) is 10.1. The van der Waals surface area contributed by atoms with Gasteiger partial charge in [-0.2, -0.15) is 0 Å². The van der Waals surface area contributed by atoms with Crippen molar-refractivity contribution in [2.24, 2.45) is 0 Å². The number of quaternary nitrogens is 1. The van der Waals surface area contributed by atoms with Crippen LogP contribution in [0.15, 0.2) is 0 Å². The number of carbonyl (C=O) groups excluding carboxylic acids is 3. The van der Waals surface area contributed by atoms with E-state index in [2.05, 4.69) is 13.8 Å². The van der Waals surface area contributed by atoms with Gasteiger partial charge in [-0.25, -0.2) is 0 Å². The summed E-state index contributed by atoms with van der Waals surface area (Å²) in [5.74, 6) is -2.26. The Balaban J connectivity index is 3.85. The molecule has 0 spiro atoms. The van der Waals surface area contributed by atoms with Gasteiger partial charge in [-0.05, 0) is 12.8 Å². The van der Waals surface area contributed by atoms with E-state index in [1.165, 1.54) is 276 Å². The average molecular weight is 1050 g/mol. The van der Waals surface area contributed by atoms with Gasteiger partial charge in [-0.1, -0.05) is 316 Å². The van der Waals surface area contributed by atoms with E-state index in [-0.39, 0.29) is 32.2 Å².